The molecule has 1 N–H and O–H groups in total. The number of hydrogen-bond acceptors (Lipinski definition) is 4. The van der Waals surface area contributed by atoms with Crippen LogP contribution in [0.3, 0.4) is 0 Å². The molecule has 8 heteroatoms. The average molecular weight is 377 g/mol. The molecule has 0 radical (unpaired) electrons. The summed E-state index contributed by atoms with van der Waals surface area (Å²) in [5.41, 5.74) is 0.809. The number of hydrogen-bond donors (Lipinski definition) is 1. The molecule has 7 nitrogen and oxygen atoms in total. The SMILES string of the molecule is CCN(CC)S(=O)(=O)c1ccc(NC(=O)Cn2cccc(C)c2=O)cc1. The van der Waals surface area contributed by atoms with Crippen molar-refractivity contribution in [3.8, 4) is 0 Å². The first-order valence-corrected chi connectivity index (χ1v) is 9.79. The zero-order valence-electron chi connectivity index (χ0n) is 15.1. The summed E-state index contributed by atoms with van der Waals surface area (Å²) in [5, 5.41) is 2.67. The number of benzene rings is 1. The van der Waals surface area contributed by atoms with Gasteiger partial charge in [-0.05, 0) is 37.3 Å². The second-order valence-electron chi connectivity index (χ2n) is 5.79. The number of pyridine rings is 1. The van der Waals surface area contributed by atoms with E-state index >= 15 is 0 Å². The van der Waals surface area contributed by atoms with Crippen LogP contribution in [0.1, 0.15) is 19.4 Å². The van der Waals surface area contributed by atoms with Crippen molar-refractivity contribution in [1.82, 2.24) is 8.87 Å². The van der Waals surface area contributed by atoms with E-state index in [1.54, 1.807) is 39.1 Å². The number of rotatable bonds is 7. The minimum Gasteiger partial charge on any atom is -0.325 e. The number of anilines is 1. The lowest BCUT2D eigenvalue weighted by Crippen LogP contribution is -2.30. The molecule has 1 heterocycles. The first-order chi connectivity index (χ1) is 12.3. The predicted molar refractivity (Wildman–Crippen MR) is 101 cm³/mol. The van der Waals surface area contributed by atoms with E-state index in [4.69, 9.17) is 0 Å². The van der Waals surface area contributed by atoms with Crippen molar-refractivity contribution in [3.05, 3.63) is 58.5 Å². The van der Waals surface area contributed by atoms with Crippen LogP contribution in [0.5, 0.6) is 0 Å². The fourth-order valence-corrected chi connectivity index (χ4v) is 4.02. The van der Waals surface area contributed by atoms with Crippen molar-refractivity contribution in [3.63, 3.8) is 0 Å². The molecule has 1 amide bonds. The number of amides is 1. The summed E-state index contributed by atoms with van der Waals surface area (Å²) in [5.74, 6) is -0.364. The van der Waals surface area contributed by atoms with Crippen LogP contribution >= 0.6 is 0 Å². The zero-order chi connectivity index (χ0) is 19.3. The summed E-state index contributed by atoms with van der Waals surface area (Å²) in [6, 6.07) is 9.38. The van der Waals surface area contributed by atoms with Crippen molar-refractivity contribution in [2.75, 3.05) is 18.4 Å². The molecule has 1 aromatic heterocycles. The molecule has 0 bridgehead atoms. The third-order valence-corrected chi connectivity index (χ3v) is 6.07. The number of nitrogens with one attached hydrogen (secondary N) is 1. The molecule has 0 spiro atoms. The lowest BCUT2D eigenvalue weighted by atomic mass is 10.3. The van der Waals surface area contributed by atoms with Gasteiger partial charge in [-0.3, -0.25) is 9.59 Å². The molecule has 1 aromatic carbocycles. The van der Waals surface area contributed by atoms with E-state index in [9.17, 15) is 18.0 Å². The summed E-state index contributed by atoms with van der Waals surface area (Å²) in [6.45, 7) is 5.92. The third kappa shape index (κ3) is 4.39. The van der Waals surface area contributed by atoms with Crippen LogP contribution in [-0.2, 0) is 21.4 Å². The third-order valence-electron chi connectivity index (χ3n) is 4.01. The van der Waals surface area contributed by atoms with E-state index < -0.39 is 10.0 Å². The Hall–Kier alpha value is -2.45. The van der Waals surface area contributed by atoms with Gasteiger partial charge in [0.1, 0.15) is 6.54 Å². The first kappa shape index (κ1) is 19.9. The van der Waals surface area contributed by atoms with E-state index in [-0.39, 0.29) is 22.9 Å². The van der Waals surface area contributed by atoms with Gasteiger partial charge in [0, 0.05) is 30.5 Å². The Morgan fingerprint density at radius 1 is 1.12 bits per heavy atom. The second kappa shape index (κ2) is 8.29. The van der Waals surface area contributed by atoms with Gasteiger partial charge in [0.2, 0.25) is 15.9 Å². The van der Waals surface area contributed by atoms with Crippen molar-refractivity contribution < 1.29 is 13.2 Å². The Morgan fingerprint density at radius 3 is 2.31 bits per heavy atom. The van der Waals surface area contributed by atoms with E-state index in [2.05, 4.69) is 5.32 Å². The Balaban J connectivity index is 2.11. The molecular weight excluding hydrogens is 354 g/mol. The highest BCUT2D eigenvalue weighted by atomic mass is 32.2. The van der Waals surface area contributed by atoms with Crippen LogP contribution in [0.4, 0.5) is 5.69 Å². The molecule has 0 saturated heterocycles. The van der Waals surface area contributed by atoms with Gasteiger partial charge in [0.05, 0.1) is 4.90 Å². The number of nitrogens with zero attached hydrogens (tertiary/aromatic N) is 2. The maximum atomic E-state index is 12.4. The van der Waals surface area contributed by atoms with E-state index in [0.717, 1.165) is 0 Å². The number of sulfonamides is 1. The number of aromatic nitrogens is 1. The number of carbonyl (C=O) groups excluding carboxylic acids is 1. The monoisotopic (exact) mass is 377 g/mol. The Morgan fingerprint density at radius 2 is 1.73 bits per heavy atom. The second-order valence-corrected chi connectivity index (χ2v) is 7.72. The largest absolute Gasteiger partial charge is 0.325 e. The molecule has 0 unspecified atom stereocenters. The van der Waals surface area contributed by atoms with E-state index in [1.165, 1.54) is 33.1 Å². The quantitative estimate of drug-likeness (QED) is 0.797. The van der Waals surface area contributed by atoms with E-state index in [1.807, 2.05) is 0 Å². The number of aryl methyl sites for hydroxylation is 1. The molecule has 0 saturated carbocycles. The molecule has 0 aliphatic carbocycles. The first-order valence-electron chi connectivity index (χ1n) is 8.35. The zero-order valence-corrected chi connectivity index (χ0v) is 15.9. The predicted octanol–water partition coefficient (Wildman–Crippen LogP) is 1.83. The molecule has 26 heavy (non-hydrogen) atoms. The van der Waals surface area contributed by atoms with E-state index in [0.29, 0.717) is 24.3 Å². The summed E-state index contributed by atoms with van der Waals surface area (Å²) >= 11 is 0. The molecule has 0 aliphatic heterocycles. The summed E-state index contributed by atoms with van der Waals surface area (Å²) in [6.07, 6.45) is 1.55. The van der Waals surface area contributed by atoms with Gasteiger partial charge in [-0.25, -0.2) is 8.42 Å². The van der Waals surface area contributed by atoms with Crippen molar-refractivity contribution in [1.29, 1.82) is 0 Å². The Kier molecular flexibility index (Phi) is 6.33. The van der Waals surface area contributed by atoms with Crippen LogP contribution in [0.2, 0.25) is 0 Å². The van der Waals surface area contributed by atoms with Gasteiger partial charge in [-0.15, -0.1) is 0 Å². The lowest BCUT2D eigenvalue weighted by Gasteiger charge is -2.18. The summed E-state index contributed by atoms with van der Waals surface area (Å²) < 4.78 is 27.6. The Labute approximate surface area is 153 Å². The van der Waals surface area contributed by atoms with Gasteiger partial charge in [0.15, 0.2) is 0 Å². The molecule has 0 fully saturated rings. The van der Waals surface area contributed by atoms with Crippen molar-refractivity contribution >= 4 is 21.6 Å². The standard InChI is InChI=1S/C18H23N3O4S/c1-4-21(5-2)26(24,25)16-10-8-15(9-11-16)19-17(22)13-20-12-6-7-14(3)18(20)23/h6-12H,4-5,13H2,1-3H3,(H,19,22). The highest BCUT2D eigenvalue weighted by molar-refractivity contribution is 7.89. The van der Waals surface area contributed by atoms with Gasteiger partial charge in [-0.2, -0.15) is 4.31 Å². The molecule has 2 aromatic rings. The molecule has 2 rings (SSSR count). The average Bonchev–Trinajstić information content (AvgIpc) is 2.60. The van der Waals surface area contributed by atoms with Crippen LogP contribution in [0.15, 0.2) is 52.3 Å². The minimum atomic E-state index is -3.53. The highest BCUT2D eigenvalue weighted by Crippen LogP contribution is 2.18. The van der Waals surface area contributed by atoms with Crippen LogP contribution in [0, 0.1) is 6.92 Å². The lowest BCUT2D eigenvalue weighted by molar-refractivity contribution is -0.116. The van der Waals surface area contributed by atoms with Crippen molar-refractivity contribution in [2.45, 2.75) is 32.2 Å². The Bertz CT molecular complexity index is 930. The normalized spacial score (nSPS) is 11.5. The van der Waals surface area contributed by atoms with Crippen molar-refractivity contribution in [2.24, 2.45) is 0 Å². The van der Waals surface area contributed by atoms with Gasteiger partial charge in [0.25, 0.3) is 5.56 Å². The minimum absolute atomic E-state index is 0.111. The maximum absolute atomic E-state index is 12.4. The van der Waals surface area contributed by atoms with Crippen LogP contribution in [0.25, 0.3) is 0 Å². The van der Waals surface area contributed by atoms with Gasteiger partial charge >= 0.3 is 0 Å². The van der Waals surface area contributed by atoms with Crippen LogP contribution < -0.4 is 10.9 Å². The fraction of sp³-hybridized carbons (Fsp3) is 0.333. The molecular formula is C18H23N3O4S. The fourth-order valence-electron chi connectivity index (χ4n) is 2.56. The summed E-state index contributed by atoms with van der Waals surface area (Å²) in [4.78, 5) is 24.2. The molecule has 0 aliphatic rings. The van der Waals surface area contributed by atoms with Gasteiger partial charge < -0.3 is 9.88 Å². The van der Waals surface area contributed by atoms with Gasteiger partial charge in [-0.1, -0.05) is 19.9 Å². The molecule has 140 valence electrons. The molecule has 0 atom stereocenters. The topological polar surface area (TPSA) is 88.5 Å². The summed E-state index contributed by atoms with van der Waals surface area (Å²) in [7, 11) is -3.53. The highest BCUT2D eigenvalue weighted by Gasteiger charge is 2.21. The maximum Gasteiger partial charge on any atom is 0.253 e. The van der Waals surface area contributed by atoms with Crippen LogP contribution in [-0.4, -0.2) is 36.3 Å². The smallest absolute Gasteiger partial charge is 0.253 e. The number of carbonyl (C=O) groups is 1.